The van der Waals surface area contributed by atoms with Crippen LogP contribution >= 0.6 is 0 Å². The van der Waals surface area contributed by atoms with Gasteiger partial charge in [0.2, 0.25) is 0 Å². The molecule has 0 aromatic heterocycles. The first-order valence-corrected chi connectivity index (χ1v) is 6.34. The SMILES string of the molecule is C/C=C/c1ccccc1NCCCCCC. The maximum absolute atomic E-state index is 3.51. The molecule has 1 nitrogen and oxygen atoms in total. The van der Waals surface area contributed by atoms with Gasteiger partial charge in [0.25, 0.3) is 0 Å². The summed E-state index contributed by atoms with van der Waals surface area (Å²) in [5, 5.41) is 3.51. The van der Waals surface area contributed by atoms with Gasteiger partial charge in [0.1, 0.15) is 0 Å². The average Bonchev–Trinajstić information content (AvgIpc) is 2.31. The Morgan fingerprint density at radius 2 is 1.94 bits per heavy atom. The Kier molecular flexibility index (Phi) is 6.39. The molecule has 0 aliphatic carbocycles. The number of rotatable bonds is 7. The first-order chi connectivity index (χ1) is 7.88. The number of benzene rings is 1. The summed E-state index contributed by atoms with van der Waals surface area (Å²) in [5.74, 6) is 0. The molecule has 0 spiro atoms. The molecule has 1 aromatic rings. The Balaban J connectivity index is 2.40. The van der Waals surface area contributed by atoms with Crippen LogP contribution in [0.1, 0.15) is 45.1 Å². The first kappa shape index (κ1) is 12.8. The highest BCUT2D eigenvalue weighted by Crippen LogP contribution is 2.16. The van der Waals surface area contributed by atoms with E-state index in [1.54, 1.807) is 0 Å². The lowest BCUT2D eigenvalue weighted by Gasteiger charge is -2.09. The molecule has 1 heteroatoms. The highest BCUT2D eigenvalue weighted by atomic mass is 14.9. The van der Waals surface area contributed by atoms with Crippen molar-refractivity contribution >= 4 is 11.8 Å². The van der Waals surface area contributed by atoms with Crippen LogP contribution in [-0.4, -0.2) is 6.54 Å². The zero-order chi connectivity index (χ0) is 11.6. The maximum atomic E-state index is 3.51. The zero-order valence-corrected chi connectivity index (χ0v) is 10.5. The molecular formula is C15H23N. The van der Waals surface area contributed by atoms with Crippen LogP contribution in [-0.2, 0) is 0 Å². The van der Waals surface area contributed by atoms with Crippen molar-refractivity contribution < 1.29 is 0 Å². The van der Waals surface area contributed by atoms with Gasteiger partial charge < -0.3 is 5.32 Å². The minimum atomic E-state index is 1.08. The largest absolute Gasteiger partial charge is 0.385 e. The molecule has 0 fully saturated rings. The second-order valence-electron chi connectivity index (χ2n) is 4.07. The Morgan fingerprint density at radius 1 is 1.12 bits per heavy atom. The monoisotopic (exact) mass is 217 g/mol. The molecule has 0 saturated carbocycles. The van der Waals surface area contributed by atoms with Gasteiger partial charge in [0.05, 0.1) is 0 Å². The molecular weight excluding hydrogens is 194 g/mol. The van der Waals surface area contributed by atoms with Crippen molar-refractivity contribution in [2.24, 2.45) is 0 Å². The molecule has 0 aliphatic heterocycles. The first-order valence-electron chi connectivity index (χ1n) is 6.34. The summed E-state index contributed by atoms with van der Waals surface area (Å²) in [6.45, 7) is 5.38. The van der Waals surface area contributed by atoms with Crippen LogP contribution in [0.3, 0.4) is 0 Å². The van der Waals surface area contributed by atoms with Gasteiger partial charge in [-0.3, -0.25) is 0 Å². The van der Waals surface area contributed by atoms with Gasteiger partial charge in [-0.15, -0.1) is 0 Å². The maximum Gasteiger partial charge on any atom is 0.0413 e. The van der Waals surface area contributed by atoms with Crippen LogP contribution in [0.25, 0.3) is 6.08 Å². The third-order valence-electron chi connectivity index (χ3n) is 2.65. The van der Waals surface area contributed by atoms with Gasteiger partial charge in [-0.25, -0.2) is 0 Å². The lowest BCUT2D eigenvalue weighted by atomic mass is 10.1. The predicted molar refractivity (Wildman–Crippen MR) is 73.8 cm³/mol. The molecule has 0 radical (unpaired) electrons. The van der Waals surface area contributed by atoms with Crippen LogP contribution in [0.15, 0.2) is 30.3 Å². The number of anilines is 1. The number of allylic oxidation sites excluding steroid dienone is 1. The molecule has 0 aliphatic rings. The fourth-order valence-electron chi connectivity index (χ4n) is 1.76. The number of hydrogen-bond acceptors (Lipinski definition) is 1. The van der Waals surface area contributed by atoms with Gasteiger partial charge >= 0.3 is 0 Å². The molecule has 1 aromatic carbocycles. The number of nitrogens with one attached hydrogen (secondary N) is 1. The van der Waals surface area contributed by atoms with Gasteiger partial charge in [-0.05, 0) is 25.0 Å². The molecule has 88 valence electrons. The van der Waals surface area contributed by atoms with Crippen molar-refractivity contribution in [3.8, 4) is 0 Å². The molecule has 0 bridgehead atoms. The smallest absolute Gasteiger partial charge is 0.0413 e. The number of para-hydroxylation sites is 1. The van der Waals surface area contributed by atoms with E-state index < -0.39 is 0 Å². The van der Waals surface area contributed by atoms with Crippen LogP contribution < -0.4 is 5.32 Å². The van der Waals surface area contributed by atoms with E-state index in [0.29, 0.717) is 0 Å². The van der Waals surface area contributed by atoms with E-state index in [0.717, 1.165) is 6.54 Å². The molecule has 0 unspecified atom stereocenters. The van der Waals surface area contributed by atoms with Crippen molar-refractivity contribution in [2.75, 3.05) is 11.9 Å². The fourth-order valence-corrected chi connectivity index (χ4v) is 1.76. The summed E-state index contributed by atoms with van der Waals surface area (Å²) in [5.41, 5.74) is 2.53. The minimum Gasteiger partial charge on any atom is -0.385 e. The average molecular weight is 217 g/mol. The molecule has 1 rings (SSSR count). The summed E-state index contributed by atoms with van der Waals surface area (Å²) >= 11 is 0. The van der Waals surface area contributed by atoms with Gasteiger partial charge in [0, 0.05) is 12.2 Å². The third kappa shape index (κ3) is 4.52. The number of hydrogen-bond donors (Lipinski definition) is 1. The fraction of sp³-hybridized carbons (Fsp3) is 0.467. The van der Waals surface area contributed by atoms with Gasteiger partial charge in [0.15, 0.2) is 0 Å². The highest BCUT2D eigenvalue weighted by Gasteiger charge is 1.96. The Morgan fingerprint density at radius 3 is 2.69 bits per heavy atom. The summed E-state index contributed by atoms with van der Waals surface area (Å²) in [6, 6.07) is 8.46. The highest BCUT2D eigenvalue weighted by molar-refractivity contribution is 5.66. The van der Waals surface area contributed by atoms with Crippen LogP contribution in [0.4, 0.5) is 5.69 Å². The Labute approximate surface area is 99.6 Å². The second kappa shape index (κ2) is 7.98. The zero-order valence-electron chi connectivity index (χ0n) is 10.5. The van der Waals surface area contributed by atoms with E-state index in [2.05, 4.69) is 55.6 Å². The van der Waals surface area contributed by atoms with E-state index in [9.17, 15) is 0 Å². The summed E-state index contributed by atoms with van der Waals surface area (Å²) in [7, 11) is 0. The van der Waals surface area contributed by atoms with Gasteiger partial charge in [-0.1, -0.05) is 56.5 Å². The van der Waals surface area contributed by atoms with Crippen molar-refractivity contribution in [3.05, 3.63) is 35.9 Å². The van der Waals surface area contributed by atoms with Crippen LogP contribution in [0, 0.1) is 0 Å². The standard InChI is InChI=1S/C15H23N/c1-3-5-6-9-13-16-15-12-8-7-11-14(15)10-4-2/h4,7-8,10-12,16H,3,5-6,9,13H2,1-2H3/b10-4+. The van der Waals surface area contributed by atoms with Crippen LogP contribution in [0.2, 0.25) is 0 Å². The lowest BCUT2D eigenvalue weighted by molar-refractivity contribution is 0.685. The topological polar surface area (TPSA) is 12.0 Å². The quantitative estimate of drug-likeness (QED) is 0.652. The molecule has 0 atom stereocenters. The normalized spacial score (nSPS) is 10.9. The number of unbranched alkanes of at least 4 members (excludes halogenated alkanes) is 3. The van der Waals surface area contributed by atoms with E-state index in [-0.39, 0.29) is 0 Å². The lowest BCUT2D eigenvalue weighted by Crippen LogP contribution is -2.02. The second-order valence-corrected chi connectivity index (χ2v) is 4.07. The van der Waals surface area contributed by atoms with Crippen molar-refractivity contribution in [2.45, 2.75) is 39.5 Å². The third-order valence-corrected chi connectivity index (χ3v) is 2.65. The molecule has 0 saturated heterocycles. The summed E-state index contributed by atoms with van der Waals surface area (Å²) in [6.07, 6.45) is 9.46. The van der Waals surface area contributed by atoms with E-state index >= 15 is 0 Å². The van der Waals surface area contributed by atoms with Crippen molar-refractivity contribution in [3.63, 3.8) is 0 Å². The van der Waals surface area contributed by atoms with Gasteiger partial charge in [-0.2, -0.15) is 0 Å². The molecule has 1 N–H and O–H groups in total. The van der Waals surface area contributed by atoms with Crippen molar-refractivity contribution in [1.29, 1.82) is 0 Å². The van der Waals surface area contributed by atoms with Crippen LogP contribution in [0.5, 0.6) is 0 Å². The van der Waals surface area contributed by atoms with E-state index in [1.165, 1.54) is 36.9 Å². The Hall–Kier alpha value is -1.24. The predicted octanol–water partition coefficient (Wildman–Crippen LogP) is 4.71. The minimum absolute atomic E-state index is 1.08. The Bertz CT molecular complexity index is 315. The van der Waals surface area contributed by atoms with E-state index in [4.69, 9.17) is 0 Å². The van der Waals surface area contributed by atoms with Crippen molar-refractivity contribution in [1.82, 2.24) is 0 Å². The molecule has 16 heavy (non-hydrogen) atoms. The molecule has 0 heterocycles. The van der Waals surface area contributed by atoms with E-state index in [1.807, 2.05) is 0 Å². The summed E-state index contributed by atoms with van der Waals surface area (Å²) < 4.78 is 0. The summed E-state index contributed by atoms with van der Waals surface area (Å²) in [4.78, 5) is 0. The molecule has 0 amide bonds.